The van der Waals surface area contributed by atoms with Gasteiger partial charge in [0.1, 0.15) is 5.75 Å². The Kier molecular flexibility index (Phi) is 3.16. The van der Waals surface area contributed by atoms with Crippen molar-refractivity contribution in [3.8, 4) is 5.75 Å². The van der Waals surface area contributed by atoms with Crippen LogP contribution in [0.2, 0.25) is 0 Å². The topological polar surface area (TPSA) is 55.6 Å². The summed E-state index contributed by atoms with van der Waals surface area (Å²) in [6, 6.07) is 15.2. The van der Waals surface area contributed by atoms with Crippen LogP contribution in [0.4, 0.5) is 5.69 Å². The molecule has 0 saturated heterocycles. The monoisotopic (exact) mass is 268 g/mol. The number of amides is 1. The van der Waals surface area contributed by atoms with Gasteiger partial charge in [-0.15, -0.1) is 0 Å². The highest BCUT2D eigenvalue weighted by atomic mass is 16.5. The average molecular weight is 268 g/mol. The molecule has 102 valence electrons. The molecule has 2 aromatic carbocycles. The molecule has 4 nitrogen and oxygen atoms in total. The zero-order chi connectivity index (χ0) is 14.1. The van der Waals surface area contributed by atoms with Gasteiger partial charge in [-0.1, -0.05) is 36.4 Å². The third kappa shape index (κ3) is 2.04. The largest absolute Gasteiger partial charge is 0.474 e. The zero-order valence-corrected chi connectivity index (χ0v) is 11.2. The van der Waals surface area contributed by atoms with E-state index in [0.29, 0.717) is 6.54 Å². The second-order valence-corrected chi connectivity index (χ2v) is 4.81. The Morgan fingerprint density at radius 2 is 1.85 bits per heavy atom. The molecule has 1 atom stereocenters. The molecule has 0 spiro atoms. The van der Waals surface area contributed by atoms with Gasteiger partial charge in [0.25, 0.3) is 5.91 Å². The Morgan fingerprint density at radius 1 is 1.15 bits per heavy atom. The van der Waals surface area contributed by atoms with Crippen LogP contribution in [0.5, 0.6) is 5.75 Å². The van der Waals surface area contributed by atoms with E-state index in [4.69, 9.17) is 10.5 Å². The Labute approximate surface area is 117 Å². The van der Waals surface area contributed by atoms with Gasteiger partial charge >= 0.3 is 0 Å². The molecule has 0 saturated carbocycles. The third-order valence-corrected chi connectivity index (χ3v) is 3.54. The lowest BCUT2D eigenvalue weighted by molar-refractivity contribution is -0.126. The number of nitrogens with two attached hydrogens (primary N) is 1. The summed E-state index contributed by atoms with van der Waals surface area (Å²) in [7, 11) is 1.77. The molecule has 0 aliphatic carbocycles. The number of carbonyl (C=O) groups is 1. The first-order chi connectivity index (χ1) is 9.70. The van der Waals surface area contributed by atoms with Crippen molar-refractivity contribution in [1.29, 1.82) is 0 Å². The zero-order valence-electron chi connectivity index (χ0n) is 11.2. The molecular weight excluding hydrogens is 252 g/mol. The predicted molar refractivity (Wildman–Crippen MR) is 77.6 cm³/mol. The van der Waals surface area contributed by atoms with Crippen LogP contribution >= 0.6 is 0 Å². The van der Waals surface area contributed by atoms with Gasteiger partial charge in [0, 0.05) is 19.2 Å². The maximum Gasteiger partial charge on any atom is 0.272 e. The minimum absolute atomic E-state index is 0.0656. The van der Waals surface area contributed by atoms with Crippen molar-refractivity contribution in [1.82, 2.24) is 0 Å². The van der Waals surface area contributed by atoms with E-state index in [9.17, 15) is 4.79 Å². The van der Waals surface area contributed by atoms with E-state index in [0.717, 1.165) is 22.6 Å². The average Bonchev–Trinajstić information content (AvgIpc) is 2.51. The molecule has 20 heavy (non-hydrogen) atoms. The van der Waals surface area contributed by atoms with E-state index >= 15 is 0 Å². The van der Waals surface area contributed by atoms with E-state index in [1.165, 1.54) is 0 Å². The molecule has 2 aromatic rings. The van der Waals surface area contributed by atoms with E-state index in [1.54, 1.807) is 11.9 Å². The lowest BCUT2D eigenvalue weighted by atomic mass is 10.0. The molecule has 1 amide bonds. The third-order valence-electron chi connectivity index (χ3n) is 3.54. The summed E-state index contributed by atoms with van der Waals surface area (Å²) in [5.41, 5.74) is 8.26. The first-order valence-electron chi connectivity index (χ1n) is 6.53. The number of para-hydroxylation sites is 2. The molecule has 1 heterocycles. The number of anilines is 1. The van der Waals surface area contributed by atoms with Gasteiger partial charge in [-0.3, -0.25) is 4.79 Å². The number of carbonyl (C=O) groups excluding carboxylic acids is 1. The second-order valence-electron chi connectivity index (χ2n) is 4.81. The maximum absolute atomic E-state index is 12.4. The predicted octanol–water partition coefficient (Wildman–Crippen LogP) is 2.24. The fourth-order valence-electron chi connectivity index (χ4n) is 2.35. The standard InChI is InChI=1S/C16H16N2O2/c1-18-13-4-2-3-5-14(13)20-15(16(18)19)12-8-6-11(10-17)7-9-12/h2-9,15H,10,17H2,1H3. The highest BCUT2D eigenvalue weighted by molar-refractivity contribution is 6.00. The van der Waals surface area contributed by atoms with Gasteiger partial charge in [-0.25, -0.2) is 0 Å². The molecule has 4 heteroatoms. The van der Waals surface area contributed by atoms with Crippen molar-refractivity contribution in [2.75, 3.05) is 11.9 Å². The smallest absolute Gasteiger partial charge is 0.272 e. The van der Waals surface area contributed by atoms with Crippen LogP contribution in [0, 0.1) is 0 Å². The number of ether oxygens (including phenoxy) is 1. The quantitative estimate of drug-likeness (QED) is 0.908. The van der Waals surface area contributed by atoms with E-state index in [1.807, 2.05) is 48.5 Å². The van der Waals surface area contributed by atoms with Crippen LogP contribution in [0.15, 0.2) is 48.5 Å². The highest BCUT2D eigenvalue weighted by Crippen LogP contribution is 2.37. The molecule has 2 N–H and O–H groups in total. The van der Waals surface area contributed by atoms with Crippen LogP contribution in [-0.2, 0) is 11.3 Å². The number of rotatable bonds is 2. The number of hydrogen-bond donors (Lipinski definition) is 1. The number of benzene rings is 2. The summed E-state index contributed by atoms with van der Waals surface area (Å²) < 4.78 is 5.85. The Hall–Kier alpha value is -2.33. The molecule has 1 aliphatic rings. The number of likely N-dealkylation sites (N-methyl/N-ethyl adjacent to an activating group) is 1. The van der Waals surface area contributed by atoms with Crippen LogP contribution < -0.4 is 15.4 Å². The summed E-state index contributed by atoms with van der Waals surface area (Å²) >= 11 is 0. The van der Waals surface area contributed by atoms with E-state index < -0.39 is 6.10 Å². The lowest BCUT2D eigenvalue weighted by Crippen LogP contribution is -2.38. The van der Waals surface area contributed by atoms with Crippen LogP contribution in [0.3, 0.4) is 0 Å². The van der Waals surface area contributed by atoms with Gasteiger partial charge in [0.2, 0.25) is 6.10 Å². The highest BCUT2D eigenvalue weighted by Gasteiger charge is 2.33. The van der Waals surface area contributed by atoms with Crippen molar-refractivity contribution in [3.05, 3.63) is 59.7 Å². The van der Waals surface area contributed by atoms with Crippen LogP contribution in [-0.4, -0.2) is 13.0 Å². The Bertz CT molecular complexity index is 637. The normalized spacial score (nSPS) is 17.6. The van der Waals surface area contributed by atoms with Gasteiger partial charge in [-0.05, 0) is 17.7 Å². The first-order valence-corrected chi connectivity index (χ1v) is 6.53. The summed E-state index contributed by atoms with van der Waals surface area (Å²) in [6.07, 6.45) is -0.596. The summed E-state index contributed by atoms with van der Waals surface area (Å²) in [4.78, 5) is 14.1. The van der Waals surface area contributed by atoms with Crippen molar-refractivity contribution in [2.45, 2.75) is 12.6 Å². The van der Waals surface area contributed by atoms with Crippen LogP contribution in [0.25, 0.3) is 0 Å². The summed E-state index contributed by atoms with van der Waals surface area (Å²) in [6.45, 7) is 0.489. The van der Waals surface area contributed by atoms with Gasteiger partial charge < -0.3 is 15.4 Å². The lowest BCUT2D eigenvalue weighted by Gasteiger charge is -2.32. The van der Waals surface area contributed by atoms with Gasteiger partial charge in [-0.2, -0.15) is 0 Å². The van der Waals surface area contributed by atoms with E-state index in [2.05, 4.69) is 0 Å². The second kappa shape index (κ2) is 4.98. The minimum atomic E-state index is -0.596. The van der Waals surface area contributed by atoms with Crippen molar-refractivity contribution < 1.29 is 9.53 Å². The van der Waals surface area contributed by atoms with Gasteiger partial charge in [0.15, 0.2) is 0 Å². The summed E-state index contributed by atoms with van der Waals surface area (Å²) in [5, 5.41) is 0. The molecule has 0 aromatic heterocycles. The molecule has 3 rings (SSSR count). The van der Waals surface area contributed by atoms with Crippen molar-refractivity contribution in [2.24, 2.45) is 5.73 Å². The SMILES string of the molecule is CN1C(=O)C(c2ccc(CN)cc2)Oc2ccccc21. The van der Waals surface area contributed by atoms with E-state index in [-0.39, 0.29) is 5.91 Å². The number of nitrogens with zero attached hydrogens (tertiary/aromatic N) is 1. The Morgan fingerprint density at radius 3 is 2.55 bits per heavy atom. The van der Waals surface area contributed by atoms with Gasteiger partial charge in [0.05, 0.1) is 5.69 Å². The molecule has 0 fully saturated rings. The van der Waals surface area contributed by atoms with Crippen molar-refractivity contribution >= 4 is 11.6 Å². The molecule has 1 unspecified atom stereocenters. The number of fused-ring (bicyclic) bond motifs is 1. The molecule has 0 bridgehead atoms. The molecule has 1 aliphatic heterocycles. The minimum Gasteiger partial charge on any atom is -0.474 e. The molecule has 0 radical (unpaired) electrons. The van der Waals surface area contributed by atoms with Crippen molar-refractivity contribution in [3.63, 3.8) is 0 Å². The maximum atomic E-state index is 12.4. The fourth-order valence-corrected chi connectivity index (χ4v) is 2.35. The first kappa shape index (κ1) is 12.7. The summed E-state index contributed by atoms with van der Waals surface area (Å²) in [5.74, 6) is 0.659. The fraction of sp³-hybridized carbons (Fsp3) is 0.188. The number of hydrogen-bond acceptors (Lipinski definition) is 3. The molecular formula is C16H16N2O2. The Balaban J connectivity index is 1.97. The van der Waals surface area contributed by atoms with Crippen LogP contribution in [0.1, 0.15) is 17.2 Å².